The molecule has 0 spiro atoms. The van der Waals surface area contributed by atoms with Gasteiger partial charge in [-0.25, -0.2) is 0 Å². The van der Waals surface area contributed by atoms with Gasteiger partial charge in [-0.3, -0.25) is 4.79 Å². The topological polar surface area (TPSA) is 37.3 Å². The van der Waals surface area contributed by atoms with Crippen LogP contribution in [0.3, 0.4) is 0 Å². The standard InChI is InChI=1S/C16H13BrCl2O2/c17-12-6-4-10(5-7-12)8-11(16(20)21)9-13-14(18)2-1-3-15(13)19/h1-7,11H,8-9H2,(H,20,21). The van der Waals surface area contributed by atoms with Gasteiger partial charge < -0.3 is 5.11 Å². The lowest BCUT2D eigenvalue weighted by molar-refractivity contribution is -0.141. The molecule has 0 aliphatic heterocycles. The predicted molar refractivity (Wildman–Crippen MR) is 89.1 cm³/mol. The van der Waals surface area contributed by atoms with Crippen molar-refractivity contribution in [2.45, 2.75) is 12.8 Å². The highest BCUT2D eigenvalue weighted by Gasteiger charge is 2.21. The number of rotatable bonds is 5. The Bertz CT molecular complexity index is 621. The van der Waals surface area contributed by atoms with Gasteiger partial charge in [0.25, 0.3) is 0 Å². The molecule has 0 radical (unpaired) electrons. The maximum Gasteiger partial charge on any atom is 0.307 e. The average Bonchev–Trinajstić information content (AvgIpc) is 2.43. The van der Waals surface area contributed by atoms with Gasteiger partial charge in [-0.15, -0.1) is 0 Å². The number of hydrogen-bond acceptors (Lipinski definition) is 1. The lowest BCUT2D eigenvalue weighted by atomic mass is 9.92. The molecule has 110 valence electrons. The van der Waals surface area contributed by atoms with E-state index in [0.717, 1.165) is 10.0 Å². The van der Waals surface area contributed by atoms with Crippen LogP contribution in [0.5, 0.6) is 0 Å². The third-order valence-corrected chi connectivity index (χ3v) is 4.49. The molecule has 21 heavy (non-hydrogen) atoms. The van der Waals surface area contributed by atoms with Crippen LogP contribution >= 0.6 is 39.1 Å². The number of halogens is 3. The molecule has 5 heteroatoms. The van der Waals surface area contributed by atoms with Crippen LogP contribution in [0, 0.1) is 5.92 Å². The quantitative estimate of drug-likeness (QED) is 0.761. The molecule has 2 aromatic carbocycles. The zero-order valence-electron chi connectivity index (χ0n) is 11.0. The van der Waals surface area contributed by atoms with Crippen LogP contribution < -0.4 is 0 Å². The summed E-state index contributed by atoms with van der Waals surface area (Å²) in [5.41, 5.74) is 1.65. The molecular weight excluding hydrogens is 375 g/mol. The zero-order chi connectivity index (χ0) is 15.4. The maximum absolute atomic E-state index is 11.5. The van der Waals surface area contributed by atoms with Crippen LogP contribution in [-0.2, 0) is 17.6 Å². The largest absolute Gasteiger partial charge is 0.481 e. The first-order valence-corrected chi connectivity index (χ1v) is 7.92. The molecule has 1 N–H and O–H groups in total. The smallest absolute Gasteiger partial charge is 0.307 e. The summed E-state index contributed by atoms with van der Waals surface area (Å²) in [6.45, 7) is 0. The van der Waals surface area contributed by atoms with Gasteiger partial charge in [0.05, 0.1) is 5.92 Å². The summed E-state index contributed by atoms with van der Waals surface area (Å²) >= 11 is 15.6. The van der Waals surface area contributed by atoms with E-state index in [1.54, 1.807) is 18.2 Å². The molecule has 0 heterocycles. The van der Waals surface area contributed by atoms with Crippen LogP contribution in [-0.4, -0.2) is 11.1 Å². The highest BCUT2D eigenvalue weighted by Crippen LogP contribution is 2.28. The monoisotopic (exact) mass is 386 g/mol. The number of carboxylic acids is 1. The maximum atomic E-state index is 11.5. The van der Waals surface area contributed by atoms with E-state index in [1.807, 2.05) is 24.3 Å². The van der Waals surface area contributed by atoms with Crippen molar-refractivity contribution >= 4 is 45.1 Å². The minimum Gasteiger partial charge on any atom is -0.481 e. The highest BCUT2D eigenvalue weighted by atomic mass is 79.9. The van der Waals surface area contributed by atoms with E-state index >= 15 is 0 Å². The minimum absolute atomic E-state index is 0.309. The zero-order valence-corrected chi connectivity index (χ0v) is 14.1. The van der Waals surface area contributed by atoms with Crippen LogP contribution in [0.4, 0.5) is 0 Å². The van der Waals surface area contributed by atoms with Crippen molar-refractivity contribution < 1.29 is 9.90 Å². The van der Waals surface area contributed by atoms with E-state index in [2.05, 4.69) is 15.9 Å². The summed E-state index contributed by atoms with van der Waals surface area (Å²) in [4.78, 5) is 11.5. The van der Waals surface area contributed by atoms with E-state index in [1.165, 1.54) is 0 Å². The summed E-state index contributed by atoms with van der Waals surface area (Å²) < 4.78 is 0.965. The van der Waals surface area contributed by atoms with Crippen molar-refractivity contribution in [2.24, 2.45) is 5.92 Å². The number of carbonyl (C=O) groups is 1. The first-order chi connectivity index (χ1) is 9.97. The van der Waals surface area contributed by atoms with Gasteiger partial charge in [0.2, 0.25) is 0 Å². The van der Waals surface area contributed by atoms with Gasteiger partial charge in [0.1, 0.15) is 0 Å². The van der Waals surface area contributed by atoms with Gasteiger partial charge in [0, 0.05) is 14.5 Å². The summed E-state index contributed by atoms with van der Waals surface area (Å²) in [5, 5.41) is 10.4. The van der Waals surface area contributed by atoms with Crippen LogP contribution in [0.15, 0.2) is 46.9 Å². The highest BCUT2D eigenvalue weighted by molar-refractivity contribution is 9.10. The summed E-state index contributed by atoms with van der Waals surface area (Å²) in [5.74, 6) is -1.42. The SMILES string of the molecule is O=C(O)C(Cc1ccc(Br)cc1)Cc1c(Cl)cccc1Cl. The van der Waals surface area contributed by atoms with Gasteiger partial charge in [-0.05, 0) is 48.2 Å². The number of benzene rings is 2. The number of hydrogen-bond donors (Lipinski definition) is 1. The fraction of sp³-hybridized carbons (Fsp3) is 0.188. The van der Waals surface area contributed by atoms with Crippen LogP contribution in [0.2, 0.25) is 10.0 Å². The molecule has 0 fully saturated rings. The predicted octanol–water partition coefficient (Wildman–Crippen LogP) is 5.24. The van der Waals surface area contributed by atoms with Crippen LogP contribution in [0.1, 0.15) is 11.1 Å². The normalized spacial score (nSPS) is 12.1. The molecule has 2 nitrogen and oxygen atoms in total. The fourth-order valence-corrected chi connectivity index (χ4v) is 2.94. The van der Waals surface area contributed by atoms with E-state index < -0.39 is 11.9 Å². The second-order valence-electron chi connectivity index (χ2n) is 4.77. The van der Waals surface area contributed by atoms with Gasteiger partial charge in [-0.2, -0.15) is 0 Å². The summed E-state index contributed by atoms with van der Waals surface area (Å²) in [6, 6.07) is 12.8. The van der Waals surface area contributed by atoms with Crippen molar-refractivity contribution in [1.29, 1.82) is 0 Å². The van der Waals surface area contributed by atoms with Crippen molar-refractivity contribution in [3.63, 3.8) is 0 Å². The Morgan fingerprint density at radius 1 is 1.05 bits per heavy atom. The summed E-state index contributed by atoms with van der Waals surface area (Å²) in [7, 11) is 0. The molecule has 0 bridgehead atoms. The Balaban J connectivity index is 2.20. The molecule has 1 atom stereocenters. The fourth-order valence-electron chi connectivity index (χ4n) is 2.13. The van der Waals surface area contributed by atoms with Gasteiger partial charge in [0.15, 0.2) is 0 Å². The molecule has 2 rings (SSSR count). The Morgan fingerprint density at radius 2 is 1.62 bits per heavy atom. The van der Waals surface area contributed by atoms with Gasteiger partial charge in [-0.1, -0.05) is 57.3 Å². The Kier molecular flexibility index (Phi) is 5.68. The second-order valence-corrected chi connectivity index (χ2v) is 6.50. The number of carboxylic acid groups (broad SMARTS) is 1. The molecule has 0 saturated heterocycles. The number of aliphatic carboxylic acids is 1. The lowest BCUT2D eigenvalue weighted by Gasteiger charge is -2.14. The Morgan fingerprint density at radius 3 is 2.14 bits per heavy atom. The van der Waals surface area contributed by atoms with E-state index in [4.69, 9.17) is 23.2 Å². The minimum atomic E-state index is -0.853. The van der Waals surface area contributed by atoms with Crippen molar-refractivity contribution in [3.05, 3.63) is 68.1 Å². The third-order valence-electron chi connectivity index (χ3n) is 3.26. The van der Waals surface area contributed by atoms with Crippen LogP contribution in [0.25, 0.3) is 0 Å². The molecule has 0 aromatic heterocycles. The Labute approximate surface area is 141 Å². The lowest BCUT2D eigenvalue weighted by Crippen LogP contribution is -2.19. The van der Waals surface area contributed by atoms with E-state index in [0.29, 0.717) is 28.5 Å². The molecular formula is C16H13BrCl2O2. The first kappa shape index (κ1) is 16.3. The third kappa shape index (κ3) is 4.47. The van der Waals surface area contributed by atoms with E-state index in [-0.39, 0.29) is 0 Å². The van der Waals surface area contributed by atoms with Crippen molar-refractivity contribution in [1.82, 2.24) is 0 Å². The first-order valence-electron chi connectivity index (χ1n) is 6.37. The average molecular weight is 388 g/mol. The van der Waals surface area contributed by atoms with Crippen molar-refractivity contribution in [2.75, 3.05) is 0 Å². The molecule has 1 unspecified atom stereocenters. The summed E-state index contributed by atoms with van der Waals surface area (Å²) in [6.07, 6.45) is 0.744. The van der Waals surface area contributed by atoms with E-state index in [9.17, 15) is 9.90 Å². The Hall–Kier alpha value is -1.03. The molecule has 0 aliphatic carbocycles. The molecule has 0 amide bonds. The van der Waals surface area contributed by atoms with Gasteiger partial charge >= 0.3 is 5.97 Å². The molecule has 0 saturated carbocycles. The van der Waals surface area contributed by atoms with Crippen molar-refractivity contribution in [3.8, 4) is 0 Å². The second kappa shape index (κ2) is 7.30. The molecule has 0 aliphatic rings. The molecule has 2 aromatic rings.